The van der Waals surface area contributed by atoms with Gasteiger partial charge >= 0.3 is 0 Å². The second kappa shape index (κ2) is 12.7. The van der Waals surface area contributed by atoms with E-state index in [9.17, 15) is 34.2 Å². The fraction of sp³-hybridized carbons (Fsp3) is 0.107. The Morgan fingerprint density at radius 1 is 0.850 bits per heavy atom. The molecule has 1 atom stereocenters. The highest BCUT2D eigenvalue weighted by atomic mass is 35.5. The zero-order chi connectivity index (χ0) is 29.0. The summed E-state index contributed by atoms with van der Waals surface area (Å²) in [5.74, 6) is -3.36. The third kappa shape index (κ3) is 7.09. The van der Waals surface area contributed by atoms with Crippen LogP contribution in [-0.2, 0) is 31.0 Å². The number of rotatable bonds is 9. The second-order valence-electron chi connectivity index (χ2n) is 8.77. The highest BCUT2D eigenvalue weighted by molar-refractivity contribution is 7.89. The maximum absolute atomic E-state index is 13.7. The van der Waals surface area contributed by atoms with Gasteiger partial charge in [0.2, 0.25) is 4.90 Å². The largest absolute Gasteiger partial charge is 0.593 e. The Morgan fingerprint density at radius 3 is 2.15 bits per heavy atom. The normalized spacial score (nSPS) is 11.9. The van der Waals surface area contributed by atoms with Crippen molar-refractivity contribution < 1.29 is 34.2 Å². The van der Waals surface area contributed by atoms with Crippen molar-refractivity contribution in [1.82, 2.24) is 9.62 Å². The number of nitrogens with one attached hydrogen (secondary N) is 1. The molecular weight excluding hydrogens is 582 g/mol. The molecule has 0 aliphatic heterocycles. The number of carbonyl (C=O) groups excluding carboxylic acids is 1. The van der Waals surface area contributed by atoms with Crippen LogP contribution in [0.1, 0.15) is 27.0 Å². The van der Waals surface area contributed by atoms with Crippen molar-refractivity contribution in [2.45, 2.75) is 24.5 Å². The molecule has 0 bridgehead atoms. The predicted octanol–water partition coefficient (Wildman–Crippen LogP) is 5.61. The van der Waals surface area contributed by atoms with E-state index in [0.29, 0.717) is 11.1 Å². The number of hydrogen-bond acceptors (Lipinski definition) is 7. The van der Waals surface area contributed by atoms with E-state index in [1.54, 1.807) is 40.7 Å². The first-order chi connectivity index (χ1) is 19.0. The van der Waals surface area contributed by atoms with Crippen LogP contribution in [0.15, 0.2) is 77.7 Å². The molecule has 12 heteroatoms. The number of halogens is 3. The SMILES string of the molecule is O=C(NCc1cccc(CN(Cc2ccc(F)cc2)[S+]([O-])c2cc(Cl)cc(Cl)c2O)c1)c1cc(O)c(O)c(O)c1. The van der Waals surface area contributed by atoms with Gasteiger partial charge in [-0.3, -0.25) is 4.79 Å². The average molecular weight is 605 g/mol. The Labute approximate surface area is 242 Å². The van der Waals surface area contributed by atoms with Gasteiger partial charge in [-0.1, -0.05) is 59.6 Å². The first kappa shape index (κ1) is 29.3. The molecule has 0 radical (unpaired) electrons. The number of nitrogens with zero attached hydrogens (tertiary/aromatic N) is 1. The molecular formula is C28H23Cl2FN2O6S. The van der Waals surface area contributed by atoms with Crippen LogP contribution < -0.4 is 5.32 Å². The van der Waals surface area contributed by atoms with Gasteiger partial charge in [-0.15, -0.1) is 4.31 Å². The second-order valence-corrected chi connectivity index (χ2v) is 11.1. The van der Waals surface area contributed by atoms with Crippen LogP contribution in [0.4, 0.5) is 4.39 Å². The van der Waals surface area contributed by atoms with Crippen LogP contribution in [-0.4, -0.2) is 35.2 Å². The van der Waals surface area contributed by atoms with Gasteiger partial charge in [0.1, 0.15) is 5.82 Å². The first-order valence-electron chi connectivity index (χ1n) is 11.7. The lowest BCUT2D eigenvalue weighted by molar-refractivity contribution is 0.0950. The van der Waals surface area contributed by atoms with Crippen molar-refractivity contribution in [3.8, 4) is 23.0 Å². The molecule has 4 rings (SSSR count). The Kier molecular flexibility index (Phi) is 9.28. The molecule has 1 unspecified atom stereocenters. The molecule has 0 saturated carbocycles. The van der Waals surface area contributed by atoms with E-state index in [1.807, 2.05) is 0 Å². The molecule has 0 aromatic heterocycles. The lowest BCUT2D eigenvalue weighted by Gasteiger charge is -2.25. The van der Waals surface area contributed by atoms with E-state index in [-0.39, 0.29) is 45.9 Å². The predicted molar refractivity (Wildman–Crippen MR) is 149 cm³/mol. The number of phenols is 4. The summed E-state index contributed by atoms with van der Waals surface area (Å²) in [4.78, 5) is 12.5. The van der Waals surface area contributed by atoms with Gasteiger partial charge < -0.3 is 30.3 Å². The molecule has 0 heterocycles. The van der Waals surface area contributed by atoms with Crippen molar-refractivity contribution >= 4 is 40.5 Å². The Hall–Kier alpha value is -3.67. The van der Waals surface area contributed by atoms with E-state index < -0.39 is 40.3 Å². The maximum Gasteiger partial charge on any atom is 0.251 e. The van der Waals surface area contributed by atoms with Crippen LogP contribution in [0.2, 0.25) is 10.0 Å². The number of hydrogen-bond donors (Lipinski definition) is 5. The Bertz CT molecular complexity index is 1520. The minimum absolute atomic E-state index is 0.0171. The molecule has 0 spiro atoms. The average Bonchev–Trinajstić information content (AvgIpc) is 2.92. The molecule has 8 nitrogen and oxygen atoms in total. The van der Waals surface area contributed by atoms with Gasteiger partial charge in [-0.2, -0.15) is 0 Å². The highest BCUT2D eigenvalue weighted by Gasteiger charge is 2.28. The summed E-state index contributed by atoms with van der Waals surface area (Å²) >= 11 is 10.2. The first-order valence-corrected chi connectivity index (χ1v) is 13.6. The third-order valence-corrected chi connectivity index (χ3v) is 7.74. The highest BCUT2D eigenvalue weighted by Crippen LogP contribution is 2.37. The molecule has 0 aliphatic rings. The molecule has 4 aromatic carbocycles. The van der Waals surface area contributed by atoms with Crippen molar-refractivity contribution in [2.24, 2.45) is 0 Å². The summed E-state index contributed by atoms with van der Waals surface area (Å²) in [6.07, 6.45) is 0. The van der Waals surface area contributed by atoms with Gasteiger partial charge in [0, 0.05) is 23.2 Å². The van der Waals surface area contributed by atoms with Gasteiger partial charge in [0.05, 0.1) is 29.5 Å². The minimum Gasteiger partial charge on any atom is -0.593 e. The third-order valence-electron chi connectivity index (χ3n) is 5.82. The summed E-state index contributed by atoms with van der Waals surface area (Å²) in [6, 6.07) is 17.6. The van der Waals surface area contributed by atoms with Gasteiger partial charge in [0.15, 0.2) is 23.0 Å². The number of phenolic OH excluding ortho intramolecular Hbond substituents is 4. The fourth-order valence-corrected chi connectivity index (χ4v) is 5.77. The van der Waals surface area contributed by atoms with E-state index in [0.717, 1.165) is 17.7 Å². The van der Waals surface area contributed by atoms with E-state index in [2.05, 4.69) is 5.32 Å². The lowest BCUT2D eigenvalue weighted by atomic mass is 10.1. The summed E-state index contributed by atoms with van der Waals surface area (Å²) in [5, 5.41) is 42.1. The smallest absolute Gasteiger partial charge is 0.251 e. The number of aromatic hydroxyl groups is 4. The molecule has 0 aliphatic carbocycles. The zero-order valence-corrected chi connectivity index (χ0v) is 23.0. The van der Waals surface area contributed by atoms with Gasteiger partial charge in [-0.25, -0.2) is 4.39 Å². The number of benzene rings is 4. The molecule has 4 aromatic rings. The summed E-state index contributed by atoms with van der Waals surface area (Å²) in [7, 11) is 0. The molecule has 1 amide bonds. The van der Waals surface area contributed by atoms with E-state index in [1.165, 1.54) is 24.3 Å². The summed E-state index contributed by atoms with van der Waals surface area (Å²) in [6.45, 7) is 0.348. The van der Waals surface area contributed by atoms with Gasteiger partial charge in [-0.05, 0) is 47.0 Å². The molecule has 40 heavy (non-hydrogen) atoms. The standard InChI is InChI=1S/C28H23Cl2FN2O6S/c29-20-11-22(30)26(36)25(12-20)40(39)33(14-16-4-6-21(31)7-5-16)15-18-3-1-2-17(8-18)13-32-28(38)19-9-23(34)27(37)24(35)10-19/h1-12,34-37H,13-15H2,(H,32,38). The van der Waals surface area contributed by atoms with Crippen LogP contribution in [0.5, 0.6) is 23.0 Å². The van der Waals surface area contributed by atoms with Crippen molar-refractivity contribution in [1.29, 1.82) is 0 Å². The molecule has 5 N–H and O–H groups in total. The topological polar surface area (TPSA) is 136 Å². The van der Waals surface area contributed by atoms with Crippen LogP contribution >= 0.6 is 23.2 Å². The molecule has 0 fully saturated rings. The minimum atomic E-state index is -1.93. The van der Waals surface area contributed by atoms with Crippen molar-refractivity contribution in [3.63, 3.8) is 0 Å². The zero-order valence-electron chi connectivity index (χ0n) is 20.6. The van der Waals surface area contributed by atoms with E-state index in [4.69, 9.17) is 23.2 Å². The molecule has 208 valence electrons. The maximum atomic E-state index is 13.7. The molecule has 0 saturated heterocycles. The lowest BCUT2D eigenvalue weighted by Crippen LogP contribution is -2.30. The number of carbonyl (C=O) groups is 1. The van der Waals surface area contributed by atoms with E-state index >= 15 is 0 Å². The quantitative estimate of drug-likeness (QED) is 0.124. The Balaban J connectivity index is 1.55. The van der Waals surface area contributed by atoms with Crippen LogP contribution in [0, 0.1) is 5.82 Å². The van der Waals surface area contributed by atoms with Crippen molar-refractivity contribution in [3.05, 3.63) is 111 Å². The summed E-state index contributed by atoms with van der Waals surface area (Å²) < 4.78 is 28.7. The van der Waals surface area contributed by atoms with Gasteiger partial charge in [0.25, 0.3) is 5.91 Å². The number of amides is 1. The Morgan fingerprint density at radius 2 is 1.48 bits per heavy atom. The monoisotopic (exact) mass is 604 g/mol. The summed E-state index contributed by atoms with van der Waals surface area (Å²) in [5.41, 5.74) is 2.03. The van der Waals surface area contributed by atoms with Crippen LogP contribution in [0.25, 0.3) is 0 Å². The van der Waals surface area contributed by atoms with Crippen LogP contribution in [0.3, 0.4) is 0 Å². The van der Waals surface area contributed by atoms with Crippen molar-refractivity contribution in [2.75, 3.05) is 0 Å². The fourth-order valence-electron chi connectivity index (χ4n) is 3.84.